The number of aliphatic hydroxyl groups excluding tert-OH is 2. The molecule has 5 N–H and O–H groups in total. The lowest BCUT2D eigenvalue weighted by atomic mass is 9.93. The highest BCUT2D eigenvalue weighted by Gasteiger charge is 2.42. The van der Waals surface area contributed by atoms with Crippen LogP contribution in [0.25, 0.3) is 0 Å². The Balaban J connectivity index is 2.51. The van der Waals surface area contributed by atoms with Gasteiger partial charge < -0.3 is 29.6 Å². The first kappa shape index (κ1) is 16.3. The predicted molar refractivity (Wildman–Crippen MR) is 55.3 cm³/mol. The van der Waals surface area contributed by atoms with Crippen LogP contribution in [-0.4, -0.2) is 63.7 Å². The van der Waals surface area contributed by atoms with Crippen LogP contribution in [0.3, 0.4) is 0 Å². The van der Waals surface area contributed by atoms with Gasteiger partial charge in [-0.2, -0.15) is 4.31 Å². The minimum absolute atomic E-state index is 0.750. The SMILES string of the molecule is [B][C@@H]1O[C@H](COP(=O)(O)OP(=O)(O)O)C(O)C1O. The van der Waals surface area contributed by atoms with Gasteiger partial charge in [-0.05, 0) is 0 Å². The number of aliphatic hydroxyl groups is 2. The van der Waals surface area contributed by atoms with Crippen LogP contribution in [0.15, 0.2) is 0 Å². The van der Waals surface area contributed by atoms with E-state index < -0.39 is 46.6 Å². The molecule has 5 atom stereocenters. The molecule has 0 aromatic carbocycles. The fourth-order valence-corrected chi connectivity index (χ4v) is 2.84. The van der Waals surface area contributed by atoms with Crippen molar-refractivity contribution in [2.75, 3.05) is 6.61 Å². The molecule has 1 rings (SSSR count). The van der Waals surface area contributed by atoms with Gasteiger partial charge in [0.2, 0.25) is 0 Å². The van der Waals surface area contributed by atoms with Crippen LogP contribution in [-0.2, 0) is 22.7 Å². The molecule has 104 valence electrons. The summed E-state index contributed by atoms with van der Waals surface area (Å²) in [6.45, 7) is -0.750. The van der Waals surface area contributed by atoms with Crippen molar-refractivity contribution < 1.29 is 47.6 Å². The Bertz CT molecular complexity index is 382. The number of hydrogen-bond acceptors (Lipinski definition) is 7. The highest BCUT2D eigenvalue weighted by molar-refractivity contribution is 7.60. The van der Waals surface area contributed by atoms with Crippen LogP contribution in [0.4, 0.5) is 0 Å². The second-order valence-corrected chi connectivity index (χ2v) is 6.29. The highest BCUT2D eigenvalue weighted by atomic mass is 31.3. The van der Waals surface area contributed by atoms with E-state index in [2.05, 4.69) is 8.83 Å². The van der Waals surface area contributed by atoms with E-state index in [-0.39, 0.29) is 0 Å². The summed E-state index contributed by atoms with van der Waals surface area (Å²) in [6, 6.07) is -1.20. The lowest BCUT2D eigenvalue weighted by molar-refractivity contribution is -0.00870. The van der Waals surface area contributed by atoms with Crippen LogP contribution in [0.5, 0.6) is 0 Å². The van der Waals surface area contributed by atoms with Crippen LogP contribution in [0, 0.1) is 0 Å². The zero-order valence-electron chi connectivity index (χ0n) is 8.77. The Kier molecular flexibility index (Phi) is 5.13. The summed E-state index contributed by atoms with van der Waals surface area (Å²) in [7, 11) is -4.99. The summed E-state index contributed by atoms with van der Waals surface area (Å²) in [5, 5.41) is 18.6. The van der Waals surface area contributed by atoms with E-state index in [0.29, 0.717) is 0 Å². The van der Waals surface area contributed by atoms with Gasteiger partial charge in [-0.15, -0.1) is 0 Å². The van der Waals surface area contributed by atoms with Crippen LogP contribution in [0.2, 0.25) is 0 Å². The Morgan fingerprint density at radius 2 is 1.72 bits per heavy atom. The summed E-state index contributed by atoms with van der Waals surface area (Å²) >= 11 is 0. The third kappa shape index (κ3) is 4.71. The molecule has 1 fully saturated rings. The van der Waals surface area contributed by atoms with Crippen molar-refractivity contribution >= 4 is 23.5 Å². The van der Waals surface area contributed by atoms with Gasteiger partial charge in [0.25, 0.3) is 0 Å². The van der Waals surface area contributed by atoms with E-state index in [4.69, 9.17) is 27.3 Å². The molecule has 0 saturated carbocycles. The van der Waals surface area contributed by atoms with Crippen molar-refractivity contribution in [3.8, 4) is 0 Å². The fraction of sp³-hybridized carbons (Fsp3) is 1.00. The third-order valence-electron chi connectivity index (χ3n) is 2.01. The molecule has 18 heavy (non-hydrogen) atoms. The van der Waals surface area contributed by atoms with Crippen molar-refractivity contribution in [2.45, 2.75) is 24.3 Å². The minimum atomic E-state index is -5.20. The van der Waals surface area contributed by atoms with Crippen molar-refractivity contribution in [2.24, 2.45) is 0 Å². The van der Waals surface area contributed by atoms with E-state index >= 15 is 0 Å². The Hall–Kier alpha value is 0.205. The summed E-state index contributed by atoms with van der Waals surface area (Å²) < 4.78 is 33.9. The van der Waals surface area contributed by atoms with Gasteiger partial charge in [-0.3, -0.25) is 4.52 Å². The standard InChI is InChI=1S/C5H11BO10P2/c6-5-4(8)3(7)2(15-5)1-14-18(12,13)16-17(9,10)11/h2-5,7-8H,1H2,(H,12,13)(H2,9,10,11)/t2-,3?,4?,5-/m1/s1. The molecule has 0 aliphatic carbocycles. The Labute approximate surface area is 103 Å². The van der Waals surface area contributed by atoms with Crippen LogP contribution in [0.1, 0.15) is 0 Å². The fourth-order valence-electron chi connectivity index (χ4n) is 1.24. The largest absolute Gasteiger partial charge is 0.481 e. The molecular formula is C5H11BO10P2. The summed E-state index contributed by atoms with van der Waals surface area (Å²) in [5.74, 6) is 0. The van der Waals surface area contributed by atoms with Gasteiger partial charge in [-0.1, -0.05) is 0 Å². The number of phosphoric ester groups is 1. The molecular weight excluding hydrogens is 293 g/mol. The van der Waals surface area contributed by atoms with Crippen molar-refractivity contribution in [3.05, 3.63) is 0 Å². The second kappa shape index (κ2) is 5.68. The lowest BCUT2D eigenvalue weighted by Gasteiger charge is -2.17. The molecule has 0 bridgehead atoms. The normalized spacial score (nSPS) is 36.5. The Morgan fingerprint density at radius 1 is 1.17 bits per heavy atom. The van der Waals surface area contributed by atoms with E-state index in [0.717, 1.165) is 0 Å². The molecule has 2 radical (unpaired) electrons. The summed E-state index contributed by atoms with van der Waals surface area (Å²) in [4.78, 5) is 25.6. The average Bonchev–Trinajstić information content (AvgIpc) is 2.39. The molecule has 0 aromatic heterocycles. The van der Waals surface area contributed by atoms with E-state index in [9.17, 15) is 19.3 Å². The topological polar surface area (TPSA) is 163 Å². The highest BCUT2D eigenvalue weighted by Crippen LogP contribution is 2.57. The predicted octanol–water partition coefficient (Wildman–Crippen LogP) is -2.17. The van der Waals surface area contributed by atoms with Gasteiger partial charge >= 0.3 is 15.6 Å². The van der Waals surface area contributed by atoms with E-state index in [1.807, 2.05) is 0 Å². The molecule has 10 nitrogen and oxygen atoms in total. The number of rotatable bonds is 5. The molecule has 0 amide bonds. The summed E-state index contributed by atoms with van der Waals surface area (Å²) in [6.07, 6.45) is -4.09. The Morgan fingerprint density at radius 3 is 2.11 bits per heavy atom. The number of ether oxygens (including phenoxy) is 1. The van der Waals surface area contributed by atoms with Gasteiger partial charge in [-0.25, -0.2) is 9.13 Å². The van der Waals surface area contributed by atoms with Crippen molar-refractivity contribution in [3.63, 3.8) is 0 Å². The molecule has 0 spiro atoms. The first-order chi connectivity index (χ1) is 8.02. The van der Waals surface area contributed by atoms with Crippen LogP contribution < -0.4 is 0 Å². The third-order valence-corrected chi connectivity index (χ3v) is 4.16. The monoisotopic (exact) mass is 304 g/mol. The molecule has 1 saturated heterocycles. The maximum absolute atomic E-state index is 11.0. The molecule has 0 aromatic rings. The second-order valence-electron chi connectivity index (χ2n) is 3.46. The quantitative estimate of drug-likeness (QED) is 0.279. The number of phosphoric acid groups is 2. The molecule has 3 unspecified atom stereocenters. The first-order valence-corrected chi connectivity index (χ1v) is 7.56. The smallest absolute Gasteiger partial charge is 0.388 e. The van der Waals surface area contributed by atoms with Crippen molar-refractivity contribution in [1.82, 2.24) is 0 Å². The molecule has 1 aliphatic rings. The zero-order valence-corrected chi connectivity index (χ0v) is 10.6. The lowest BCUT2D eigenvalue weighted by Crippen LogP contribution is -2.34. The number of hydrogen-bond donors (Lipinski definition) is 5. The molecule has 1 heterocycles. The van der Waals surface area contributed by atoms with Gasteiger partial charge in [0.1, 0.15) is 20.1 Å². The first-order valence-electron chi connectivity index (χ1n) is 4.53. The van der Waals surface area contributed by atoms with E-state index in [1.54, 1.807) is 0 Å². The molecule has 13 heteroatoms. The maximum atomic E-state index is 11.0. The van der Waals surface area contributed by atoms with Gasteiger partial charge in [0.05, 0.1) is 12.7 Å². The van der Waals surface area contributed by atoms with E-state index in [1.165, 1.54) is 0 Å². The summed E-state index contributed by atoms with van der Waals surface area (Å²) in [5.41, 5.74) is 0. The maximum Gasteiger partial charge on any atom is 0.481 e. The van der Waals surface area contributed by atoms with Gasteiger partial charge in [0, 0.05) is 6.00 Å². The zero-order chi connectivity index (χ0) is 14.1. The van der Waals surface area contributed by atoms with Crippen LogP contribution >= 0.6 is 15.6 Å². The minimum Gasteiger partial charge on any atom is -0.388 e. The van der Waals surface area contributed by atoms with Gasteiger partial charge in [0.15, 0.2) is 0 Å². The molecule has 1 aliphatic heterocycles. The average molecular weight is 304 g/mol. The van der Waals surface area contributed by atoms with Crippen molar-refractivity contribution in [1.29, 1.82) is 0 Å².